The van der Waals surface area contributed by atoms with E-state index >= 15 is 0 Å². The summed E-state index contributed by atoms with van der Waals surface area (Å²) in [5.74, 6) is 1.06. The van der Waals surface area contributed by atoms with Crippen LogP contribution in [0.1, 0.15) is 13.3 Å². The highest BCUT2D eigenvalue weighted by Crippen LogP contribution is 2.31. The molecule has 0 saturated carbocycles. The van der Waals surface area contributed by atoms with Gasteiger partial charge in [0.2, 0.25) is 5.82 Å². The van der Waals surface area contributed by atoms with Crippen molar-refractivity contribution >= 4 is 27.4 Å². The summed E-state index contributed by atoms with van der Waals surface area (Å²) in [6.45, 7) is 3.83. The monoisotopic (exact) mass is 285 g/mol. The standard InChI is InChI=1S/C10H12BrN3O2/c1-7-2-3-13(6-7)10-9(14(15)16)4-8(11)5-12-10/h4-5,7H,2-3,6H2,1H3. The van der Waals surface area contributed by atoms with E-state index in [2.05, 4.69) is 27.8 Å². The third-order valence-electron chi connectivity index (χ3n) is 2.73. The predicted molar refractivity (Wildman–Crippen MR) is 64.6 cm³/mol. The molecule has 1 unspecified atom stereocenters. The van der Waals surface area contributed by atoms with Crippen LogP contribution in [0.5, 0.6) is 0 Å². The normalized spacial score (nSPS) is 20.1. The Balaban J connectivity index is 2.36. The maximum absolute atomic E-state index is 10.9. The van der Waals surface area contributed by atoms with Gasteiger partial charge in [-0.2, -0.15) is 0 Å². The molecule has 1 aliphatic heterocycles. The second kappa shape index (κ2) is 4.37. The van der Waals surface area contributed by atoms with E-state index in [1.54, 1.807) is 6.20 Å². The minimum absolute atomic E-state index is 0.0727. The zero-order valence-corrected chi connectivity index (χ0v) is 10.5. The summed E-state index contributed by atoms with van der Waals surface area (Å²) in [6, 6.07) is 1.51. The van der Waals surface area contributed by atoms with Crippen molar-refractivity contribution in [3.63, 3.8) is 0 Å². The quantitative estimate of drug-likeness (QED) is 0.619. The second-order valence-corrected chi connectivity index (χ2v) is 5.01. The maximum Gasteiger partial charge on any atom is 0.312 e. The van der Waals surface area contributed by atoms with Crippen molar-refractivity contribution in [2.75, 3.05) is 18.0 Å². The van der Waals surface area contributed by atoms with Crippen molar-refractivity contribution in [2.45, 2.75) is 13.3 Å². The summed E-state index contributed by atoms with van der Waals surface area (Å²) < 4.78 is 0.634. The number of nitro groups is 1. The Bertz CT molecular complexity index is 425. The molecule has 0 amide bonds. The van der Waals surface area contributed by atoms with Crippen LogP contribution in [0.15, 0.2) is 16.7 Å². The number of nitrogens with zero attached hydrogens (tertiary/aromatic N) is 3. The van der Waals surface area contributed by atoms with Crippen molar-refractivity contribution in [3.8, 4) is 0 Å². The number of pyridine rings is 1. The van der Waals surface area contributed by atoms with Gasteiger partial charge >= 0.3 is 5.69 Å². The average molecular weight is 286 g/mol. The first-order chi connectivity index (χ1) is 7.58. The van der Waals surface area contributed by atoms with Crippen molar-refractivity contribution in [3.05, 3.63) is 26.9 Å². The Morgan fingerprint density at radius 1 is 1.69 bits per heavy atom. The average Bonchev–Trinajstić information content (AvgIpc) is 2.64. The summed E-state index contributed by atoms with van der Waals surface area (Å²) in [5, 5.41) is 10.9. The van der Waals surface area contributed by atoms with Crippen LogP contribution in [-0.4, -0.2) is 23.0 Å². The molecule has 1 fully saturated rings. The fraction of sp³-hybridized carbons (Fsp3) is 0.500. The molecular weight excluding hydrogens is 274 g/mol. The smallest absolute Gasteiger partial charge is 0.312 e. The Hall–Kier alpha value is -1.17. The second-order valence-electron chi connectivity index (χ2n) is 4.09. The molecule has 5 nitrogen and oxygen atoms in total. The largest absolute Gasteiger partial charge is 0.351 e. The van der Waals surface area contributed by atoms with Gasteiger partial charge in [0.05, 0.1) is 4.92 Å². The highest BCUT2D eigenvalue weighted by molar-refractivity contribution is 9.10. The third kappa shape index (κ3) is 2.16. The van der Waals surface area contributed by atoms with Crippen LogP contribution in [0, 0.1) is 16.0 Å². The molecule has 0 aliphatic carbocycles. The van der Waals surface area contributed by atoms with Crippen LogP contribution in [-0.2, 0) is 0 Å². The van der Waals surface area contributed by atoms with E-state index in [9.17, 15) is 10.1 Å². The Morgan fingerprint density at radius 3 is 3.00 bits per heavy atom. The highest BCUT2D eigenvalue weighted by Gasteiger charge is 2.26. The summed E-state index contributed by atoms with van der Waals surface area (Å²) in [4.78, 5) is 16.7. The van der Waals surface area contributed by atoms with Crippen molar-refractivity contribution in [2.24, 2.45) is 5.92 Å². The molecule has 1 aromatic rings. The molecule has 86 valence electrons. The number of halogens is 1. The molecule has 0 N–H and O–H groups in total. The molecule has 0 aromatic carbocycles. The summed E-state index contributed by atoms with van der Waals surface area (Å²) >= 11 is 3.20. The molecule has 1 atom stereocenters. The highest BCUT2D eigenvalue weighted by atomic mass is 79.9. The van der Waals surface area contributed by atoms with Crippen molar-refractivity contribution in [1.29, 1.82) is 0 Å². The summed E-state index contributed by atoms with van der Waals surface area (Å²) in [6.07, 6.45) is 2.67. The number of aromatic nitrogens is 1. The van der Waals surface area contributed by atoms with Gasteiger partial charge in [-0.25, -0.2) is 4.98 Å². The SMILES string of the molecule is CC1CCN(c2ncc(Br)cc2[N+](=O)[O-])C1. The molecule has 0 spiro atoms. The van der Waals surface area contributed by atoms with Gasteiger partial charge in [0.1, 0.15) is 0 Å². The zero-order valence-electron chi connectivity index (χ0n) is 8.89. The van der Waals surface area contributed by atoms with Gasteiger partial charge in [0.25, 0.3) is 0 Å². The predicted octanol–water partition coefficient (Wildman–Crippen LogP) is 2.60. The van der Waals surface area contributed by atoms with E-state index in [1.165, 1.54) is 6.07 Å². The lowest BCUT2D eigenvalue weighted by Gasteiger charge is -2.16. The molecule has 2 heterocycles. The number of rotatable bonds is 2. The number of hydrogen-bond donors (Lipinski definition) is 0. The number of hydrogen-bond acceptors (Lipinski definition) is 4. The van der Waals surface area contributed by atoms with Gasteiger partial charge in [-0.05, 0) is 28.3 Å². The Morgan fingerprint density at radius 2 is 2.44 bits per heavy atom. The molecule has 2 rings (SSSR count). The van der Waals surface area contributed by atoms with Crippen molar-refractivity contribution in [1.82, 2.24) is 4.98 Å². The van der Waals surface area contributed by atoms with Gasteiger partial charge in [0.15, 0.2) is 0 Å². The van der Waals surface area contributed by atoms with Crippen LogP contribution >= 0.6 is 15.9 Å². The lowest BCUT2D eigenvalue weighted by molar-refractivity contribution is -0.384. The van der Waals surface area contributed by atoms with Crippen LogP contribution in [0.25, 0.3) is 0 Å². The molecule has 0 bridgehead atoms. The molecule has 1 aliphatic rings. The van der Waals surface area contributed by atoms with Gasteiger partial charge in [-0.3, -0.25) is 10.1 Å². The van der Waals surface area contributed by atoms with Crippen LogP contribution in [0.2, 0.25) is 0 Å². The molecule has 1 saturated heterocycles. The molecule has 6 heteroatoms. The van der Waals surface area contributed by atoms with Gasteiger partial charge in [-0.1, -0.05) is 6.92 Å². The number of anilines is 1. The van der Waals surface area contributed by atoms with Crippen LogP contribution in [0.4, 0.5) is 11.5 Å². The summed E-state index contributed by atoms with van der Waals surface area (Å²) in [5.41, 5.74) is 0.0727. The lowest BCUT2D eigenvalue weighted by Crippen LogP contribution is -2.21. The first-order valence-electron chi connectivity index (χ1n) is 5.13. The van der Waals surface area contributed by atoms with E-state index in [0.717, 1.165) is 19.5 Å². The first kappa shape index (κ1) is 11.3. The fourth-order valence-corrected chi connectivity index (χ4v) is 2.25. The maximum atomic E-state index is 10.9. The molecule has 1 aromatic heterocycles. The lowest BCUT2D eigenvalue weighted by atomic mass is 10.2. The van der Waals surface area contributed by atoms with Gasteiger partial charge in [0, 0.05) is 29.8 Å². The van der Waals surface area contributed by atoms with Crippen LogP contribution in [0.3, 0.4) is 0 Å². The van der Waals surface area contributed by atoms with Crippen LogP contribution < -0.4 is 4.90 Å². The van der Waals surface area contributed by atoms with Gasteiger partial charge < -0.3 is 4.90 Å². The molecular formula is C10H12BrN3O2. The fourth-order valence-electron chi connectivity index (χ4n) is 1.93. The minimum atomic E-state index is -0.379. The van der Waals surface area contributed by atoms with E-state index in [4.69, 9.17) is 0 Å². The molecule has 0 radical (unpaired) electrons. The first-order valence-corrected chi connectivity index (χ1v) is 5.92. The minimum Gasteiger partial charge on any atom is -0.351 e. The van der Waals surface area contributed by atoms with E-state index in [1.807, 2.05) is 4.90 Å². The van der Waals surface area contributed by atoms with Gasteiger partial charge in [-0.15, -0.1) is 0 Å². The Labute approximate surface area is 102 Å². The van der Waals surface area contributed by atoms with Crippen molar-refractivity contribution < 1.29 is 4.92 Å². The molecule has 16 heavy (non-hydrogen) atoms. The van der Waals surface area contributed by atoms with E-state index in [0.29, 0.717) is 16.2 Å². The topological polar surface area (TPSA) is 59.3 Å². The van der Waals surface area contributed by atoms with E-state index in [-0.39, 0.29) is 10.6 Å². The Kier molecular flexibility index (Phi) is 3.09. The van der Waals surface area contributed by atoms with E-state index < -0.39 is 0 Å². The third-order valence-corrected chi connectivity index (χ3v) is 3.17. The summed E-state index contributed by atoms with van der Waals surface area (Å²) in [7, 11) is 0. The zero-order chi connectivity index (χ0) is 11.7.